The summed E-state index contributed by atoms with van der Waals surface area (Å²) in [7, 11) is 0. The minimum atomic E-state index is -0.0239. The molecule has 30 heavy (non-hydrogen) atoms. The number of aromatic nitrogens is 2. The van der Waals surface area contributed by atoms with E-state index in [9.17, 15) is 4.79 Å². The van der Waals surface area contributed by atoms with Crippen LogP contribution < -0.4 is 0 Å². The van der Waals surface area contributed by atoms with E-state index in [4.69, 9.17) is 14.5 Å². The summed E-state index contributed by atoms with van der Waals surface area (Å²) in [6.07, 6.45) is 7.70. The molecule has 4 rings (SSSR count). The molecule has 0 bridgehead atoms. The van der Waals surface area contributed by atoms with Crippen LogP contribution in [0.3, 0.4) is 0 Å². The number of hydrogen-bond donors (Lipinski definition) is 0. The fourth-order valence-electron chi connectivity index (χ4n) is 4.36. The number of nitrogens with zero attached hydrogens (tertiary/aromatic N) is 4. The van der Waals surface area contributed by atoms with Crippen molar-refractivity contribution in [3.63, 3.8) is 0 Å². The van der Waals surface area contributed by atoms with E-state index in [0.29, 0.717) is 54.9 Å². The van der Waals surface area contributed by atoms with Crippen LogP contribution in [-0.4, -0.2) is 47.3 Å². The molecule has 1 unspecified atom stereocenters. The van der Waals surface area contributed by atoms with Gasteiger partial charge in [-0.25, -0.2) is 0 Å². The molecule has 2 heterocycles. The number of nitriles is 1. The van der Waals surface area contributed by atoms with Gasteiger partial charge in [0.05, 0.1) is 24.2 Å². The molecule has 1 aromatic carbocycles. The van der Waals surface area contributed by atoms with Gasteiger partial charge in [0.1, 0.15) is 0 Å². The molecule has 7 heteroatoms. The van der Waals surface area contributed by atoms with E-state index in [0.717, 1.165) is 19.4 Å². The number of amides is 1. The van der Waals surface area contributed by atoms with Crippen molar-refractivity contribution in [2.75, 3.05) is 26.3 Å². The Labute approximate surface area is 177 Å². The summed E-state index contributed by atoms with van der Waals surface area (Å²) in [4.78, 5) is 19.2. The number of rotatable bonds is 7. The Hall–Kier alpha value is -2.72. The van der Waals surface area contributed by atoms with Gasteiger partial charge < -0.3 is 14.2 Å². The van der Waals surface area contributed by atoms with Gasteiger partial charge in [0.25, 0.3) is 5.91 Å². The van der Waals surface area contributed by atoms with Crippen molar-refractivity contribution in [1.82, 2.24) is 15.0 Å². The number of hydrogen-bond acceptors (Lipinski definition) is 6. The van der Waals surface area contributed by atoms with E-state index in [1.807, 2.05) is 4.90 Å². The summed E-state index contributed by atoms with van der Waals surface area (Å²) in [5.41, 5.74) is 1.15. The predicted octanol–water partition coefficient (Wildman–Crippen LogP) is 3.71. The van der Waals surface area contributed by atoms with Gasteiger partial charge in [0.2, 0.25) is 5.89 Å². The van der Waals surface area contributed by atoms with Crippen LogP contribution in [0.4, 0.5) is 0 Å². The molecule has 2 aromatic rings. The minimum absolute atomic E-state index is 0.0239. The Kier molecular flexibility index (Phi) is 6.75. The lowest BCUT2D eigenvalue weighted by Crippen LogP contribution is -2.39. The third-order valence-electron chi connectivity index (χ3n) is 6.10. The summed E-state index contributed by atoms with van der Waals surface area (Å²) in [6.45, 7) is 2.73. The smallest absolute Gasteiger partial charge is 0.253 e. The quantitative estimate of drug-likeness (QED) is 0.649. The molecule has 1 aliphatic carbocycles. The highest BCUT2D eigenvalue weighted by Crippen LogP contribution is 2.27. The van der Waals surface area contributed by atoms with Gasteiger partial charge in [-0.2, -0.15) is 10.2 Å². The highest BCUT2D eigenvalue weighted by Gasteiger charge is 2.29. The molecule has 158 valence electrons. The van der Waals surface area contributed by atoms with Gasteiger partial charge in [0.15, 0.2) is 5.82 Å². The first-order valence-corrected chi connectivity index (χ1v) is 10.9. The molecule has 1 aliphatic heterocycles. The monoisotopic (exact) mass is 408 g/mol. The third-order valence-corrected chi connectivity index (χ3v) is 6.10. The molecule has 2 aliphatic rings. The lowest BCUT2D eigenvalue weighted by Gasteiger charge is -2.31. The van der Waals surface area contributed by atoms with Crippen molar-refractivity contribution in [1.29, 1.82) is 5.26 Å². The molecule has 2 fully saturated rings. The van der Waals surface area contributed by atoms with E-state index in [1.165, 1.54) is 25.7 Å². The van der Waals surface area contributed by atoms with Crippen LogP contribution in [0.5, 0.6) is 0 Å². The van der Waals surface area contributed by atoms with Crippen LogP contribution in [0.1, 0.15) is 72.1 Å². The maximum atomic E-state index is 12.8. The van der Waals surface area contributed by atoms with Crippen molar-refractivity contribution < 1.29 is 14.1 Å². The van der Waals surface area contributed by atoms with Crippen molar-refractivity contribution in [2.24, 2.45) is 5.92 Å². The number of piperidine rings is 1. The van der Waals surface area contributed by atoms with Crippen molar-refractivity contribution in [3.8, 4) is 6.07 Å². The lowest BCUT2D eigenvalue weighted by atomic mass is 9.97. The van der Waals surface area contributed by atoms with Crippen molar-refractivity contribution in [3.05, 3.63) is 47.1 Å². The average molecular weight is 409 g/mol. The number of ether oxygens (including phenoxy) is 1. The average Bonchev–Trinajstić information content (AvgIpc) is 3.49. The lowest BCUT2D eigenvalue weighted by molar-refractivity contribution is 0.0695. The Morgan fingerprint density at radius 3 is 2.77 bits per heavy atom. The molecule has 0 N–H and O–H groups in total. The van der Waals surface area contributed by atoms with Crippen molar-refractivity contribution >= 4 is 5.91 Å². The molecule has 0 radical (unpaired) electrons. The number of carbonyl (C=O) groups is 1. The van der Waals surface area contributed by atoms with Gasteiger partial charge in [-0.05, 0) is 55.9 Å². The first-order chi connectivity index (χ1) is 14.7. The van der Waals surface area contributed by atoms with Gasteiger partial charge >= 0.3 is 0 Å². The normalized spacial score (nSPS) is 19.7. The summed E-state index contributed by atoms with van der Waals surface area (Å²) in [6, 6.07) is 8.84. The zero-order chi connectivity index (χ0) is 20.8. The summed E-state index contributed by atoms with van der Waals surface area (Å²) in [5, 5.41) is 13.0. The van der Waals surface area contributed by atoms with Gasteiger partial charge in [-0.3, -0.25) is 4.79 Å². The maximum Gasteiger partial charge on any atom is 0.253 e. The molecular weight excluding hydrogens is 380 g/mol. The first-order valence-electron chi connectivity index (χ1n) is 10.9. The molecular formula is C23H28N4O3. The van der Waals surface area contributed by atoms with E-state index in [1.54, 1.807) is 24.3 Å². The van der Waals surface area contributed by atoms with Crippen LogP contribution in [0, 0.1) is 17.2 Å². The standard InChI is InChI=1S/C23H28N4O3/c24-14-17-7-9-19(10-8-17)23(28)27-12-3-6-20(15-27)22-25-21(26-30-22)11-13-29-16-18-4-1-2-5-18/h7-10,18,20H,1-6,11-13,15-16H2. The second kappa shape index (κ2) is 9.86. The van der Waals surface area contributed by atoms with Crippen LogP contribution in [-0.2, 0) is 11.2 Å². The van der Waals surface area contributed by atoms with Gasteiger partial charge in [-0.1, -0.05) is 18.0 Å². The molecule has 1 aromatic heterocycles. The van der Waals surface area contributed by atoms with Crippen LogP contribution in [0.15, 0.2) is 28.8 Å². The SMILES string of the molecule is N#Cc1ccc(C(=O)N2CCCC(c3nc(CCOCC4CCCC4)no3)C2)cc1. The molecule has 7 nitrogen and oxygen atoms in total. The third kappa shape index (κ3) is 5.06. The summed E-state index contributed by atoms with van der Waals surface area (Å²) >= 11 is 0. The fraction of sp³-hybridized carbons (Fsp3) is 0.565. The Morgan fingerprint density at radius 1 is 1.20 bits per heavy atom. The summed E-state index contributed by atoms with van der Waals surface area (Å²) in [5.74, 6) is 2.03. The topological polar surface area (TPSA) is 92.2 Å². The van der Waals surface area contributed by atoms with E-state index >= 15 is 0 Å². The van der Waals surface area contributed by atoms with Crippen LogP contribution in [0.2, 0.25) is 0 Å². The zero-order valence-electron chi connectivity index (χ0n) is 17.3. The Balaban J connectivity index is 1.28. The molecule has 1 saturated heterocycles. The van der Waals surface area contributed by atoms with Crippen molar-refractivity contribution in [2.45, 2.75) is 50.9 Å². The molecule has 1 amide bonds. The highest BCUT2D eigenvalue weighted by molar-refractivity contribution is 5.94. The van der Waals surface area contributed by atoms with Crippen LogP contribution in [0.25, 0.3) is 0 Å². The molecule has 1 atom stereocenters. The molecule has 1 saturated carbocycles. The number of benzene rings is 1. The zero-order valence-corrected chi connectivity index (χ0v) is 17.3. The second-order valence-corrected chi connectivity index (χ2v) is 8.30. The Bertz CT molecular complexity index is 881. The highest BCUT2D eigenvalue weighted by atomic mass is 16.5. The Morgan fingerprint density at radius 2 is 2.00 bits per heavy atom. The molecule has 0 spiro atoms. The summed E-state index contributed by atoms with van der Waals surface area (Å²) < 4.78 is 11.3. The number of likely N-dealkylation sites (tertiary alicyclic amines) is 1. The van der Waals surface area contributed by atoms with Gasteiger partial charge in [0, 0.05) is 31.7 Å². The van der Waals surface area contributed by atoms with E-state index < -0.39 is 0 Å². The minimum Gasteiger partial charge on any atom is -0.381 e. The van der Waals surface area contributed by atoms with Gasteiger partial charge in [-0.15, -0.1) is 0 Å². The fourth-order valence-corrected chi connectivity index (χ4v) is 4.36. The number of carbonyl (C=O) groups excluding carboxylic acids is 1. The largest absolute Gasteiger partial charge is 0.381 e. The van der Waals surface area contributed by atoms with E-state index in [-0.39, 0.29) is 11.8 Å². The van der Waals surface area contributed by atoms with E-state index in [2.05, 4.69) is 16.2 Å². The second-order valence-electron chi connectivity index (χ2n) is 8.30. The maximum absolute atomic E-state index is 12.8. The van der Waals surface area contributed by atoms with Crippen LogP contribution >= 0.6 is 0 Å². The first kappa shape index (κ1) is 20.5. The predicted molar refractivity (Wildman–Crippen MR) is 110 cm³/mol.